The normalized spacial score (nSPS) is 10.8. The van der Waals surface area contributed by atoms with Gasteiger partial charge in [-0.3, -0.25) is 4.79 Å². The van der Waals surface area contributed by atoms with Gasteiger partial charge in [0, 0.05) is 16.6 Å². The van der Waals surface area contributed by atoms with Gasteiger partial charge in [0.1, 0.15) is 17.4 Å². The van der Waals surface area contributed by atoms with Gasteiger partial charge in [-0.2, -0.15) is 5.26 Å². The Labute approximate surface area is 136 Å². The van der Waals surface area contributed by atoms with Crippen LogP contribution in [0, 0.1) is 11.3 Å². The number of phenolic OH excluding ortho intramolecular Hbond substituents is 1. The molecule has 1 amide bonds. The van der Waals surface area contributed by atoms with Gasteiger partial charge in [-0.25, -0.2) is 0 Å². The molecular weight excluding hydrogens is 344 g/mol. The molecule has 0 saturated carbocycles. The molecule has 0 bridgehead atoms. The molecule has 0 unspecified atom stereocenters. The third-order valence-electron chi connectivity index (χ3n) is 2.95. The quantitative estimate of drug-likeness (QED) is 0.651. The SMILES string of the molecule is N#CC(=Cc1cc(Br)ccc1O)C(=O)NCc1ccccc1. The Balaban J connectivity index is 2.14. The largest absolute Gasteiger partial charge is 0.507 e. The van der Waals surface area contributed by atoms with E-state index in [0.29, 0.717) is 12.1 Å². The minimum absolute atomic E-state index is 0.00630. The van der Waals surface area contributed by atoms with E-state index in [0.717, 1.165) is 10.0 Å². The van der Waals surface area contributed by atoms with Gasteiger partial charge >= 0.3 is 0 Å². The van der Waals surface area contributed by atoms with Gasteiger partial charge in [-0.1, -0.05) is 46.3 Å². The highest BCUT2D eigenvalue weighted by Crippen LogP contribution is 2.24. The van der Waals surface area contributed by atoms with Crippen molar-refractivity contribution in [1.29, 1.82) is 5.26 Å². The van der Waals surface area contributed by atoms with Crippen LogP contribution in [0.5, 0.6) is 5.75 Å². The van der Waals surface area contributed by atoms with Crippen molar-refractivity contribution in [1.82, 2.24) is 5.32 Å². The molecule has 0 aliphatic rings. The Morgan fingerprint density at radius 3 is 2.68 bits per heavy atom. The molecule has 0 aliphatic carbocycles. The minimum atomic E-state index is -0.481. The Hall–Kier alpha value is -2.58. The molecule has 2 aromatic rings. The Morgan fingerprint density at radius 1 is 1.27 bits per heavy atom. The Bertz CT molecular complexity index is 749. The topological polar surface area (TPSA) is 73.1 Å². The van der Waals surface area contributed by atoms with Crippen molar-refractivity contribution in [3.63, 3.8) is 0 Å². The second-order valence-electron chi connectivity index (χ2n) is 4.54. The number of carbonyl (C=O) groups excluding carboxylic acids is 1. The fraction of sp³-hybridized carbons (Fsp3) is 0.0588. The summed E-state index contributed by atoms with van der Waals surface area (Å²) in [5.41, 5.74) is 1.28. The average Bonchev–Trinajstić information content (AvgIpc) is 2.54. The first kappa shape index (κ1) is 15.8. The molecule has 0 fully saturated rings. The van der Waals surface area contributed by atoms with Crippen molar-refractivity contribution in [2.75, 3.05) is 0 Å². The number of benzene rings is 2. The number of hydrogen-bond donors (Lipinski definition) is 2. The summed E-state index contributed by atoms with van der Waals surface area (Å²) in [6, 6.07) is 16.1. The van der Waals surface area contributed by atoms with E-state index in [-0.39, 0.29) is 11.3 Å². The first-order valence-electron chi connectivity index (χ1n) is 6.52. The Kier molecular flexibility index (Phi) is 5.34. The van der Waals surface area contributed by atoms with Crippen LogP contribution in [0.3, 0.4) is 0 Å². The van der Waals surface area contributed by atoms with Crippen LogP contribution in [0.2, 0.25) is 0 Å². The molecule has 0 saturated heterocycles. The maximum absolute atomic E-state index is 12.1. The number of aromatic hydroxyl groups is 1. The van der Waals surface area contributed by atoms with E-state index >= 15 is 0 Å². The number of hydrogen-bond acceptors (Lipinski definition) is 3. The molecule has 0 atom stereocenters. The lowest BCUT2D eigenvalue weighted by atomic mass is 10.1. The van der Waals surface area contributed by atoms with E-state index in [4.69, 9.17) is 5.26 Å². The van der Waals surface area contributed by atoms with Crippen LogP contribution in [0.15, 0.2) is 58.6 Å². The highest BCUT2D eigenvalue weighted by molar-refractivity contribution is 9.10. The Morgan fingerprint density at radius 2 is 2.00 bits per heavy atom. The van der Waals surface area contributed by atoms with E-state index in [1.807, 2.05) is 36.4 Å². The van der Waals surface area contributed by atoms with Crippen LogP contribution >= 0.6 is 15.9 Å². The number of halogens is 1. The number of phenols is 1. The maximum Gasteiger partial charge on any atom is 0.262 e. The zero-order valence-electron chi connectivity index (χ0n) is 11.6. The molecule has 0 heterocycles. The highest BCUT2D eigenvalue weighted by Gasteiger charge is 2.10. The lowest BCUT2D eigenvalue weighted by Crippen LogP contribution is -2.23. The van der Waals surface area contributed by atoms with Crippen molar-refractivity contribution in [3.8, 4) is 11.8 Å². The van der Waals surface area contributed by atoms with Gasteiger partial charge in [0.25, 0.3) is 5.91 Å². The summed E-state index contributed by atoms with van der Waals surface area (Å²) in [7, 11) is 0. The van der Waals surface area contributed by atoms with Gasteiger partial charge in [0.2, 0.25) is 0 Å². The van der Waals surface area contributed by atoms with E-state index in [9.17, 15) is 9.90 Å². The molecule has 2 N–H and O–H groups in total. The van der Waals surface area contributed by atoms with Crippen LogP contribution in [-0.4, -0.2) is 11.0 Å². The molecule has 22 heavy (non-hydrogen) atoms. The van der Waals surface area contributed by atoms with Gasteiger partial charge in [-0.15, -0.1) is 0 Å². The number of carbonyl (C=O) groups is 1. The van der Waals surface area contributed by atoms with Crippen molar-refractivity contribution in [2.24, 2.45) is 0 Å². The predicted octanol–water partition coefficient (Wildman–Crippen LogP) is 3.38. The lowest BCUT2D eigenvalue weighted by molar-refractivity contribution is -0.117. The number of rotatable bonds is 4. The van der Waals surface area contributed by atoms with Gasteiger partial charge < -0.3 is 10.4 Å². The first-order chi connectivity index (χ1) is 10.6. The van der Waals surface area contributed by atoms with Crippen molar-refractivity contribution < 1.29 is 9.90 Å². The van der Waals surface area contributed by atoms with E-state index in [1.54, 1.807) is 12.1 Å². The second-order valence-corrected chi connectivity index (χ2v) is 5.46. The third-order valence-corrected chi connectivity index (χ3v) is 3.44. The van der Waals surface area contributed by atoms with Crippen LogP contribution in [0.4, 0.5) is 0 Å². The zero-order chi connectivity index (χ0) is 15.9. The second kappa shape index (κ2) is 7.43. The van der Waals surface area contributed by atoms with Crippen molar-refractivity contribution in [2.45, 2.75) is 6.54 Å². The van der Waals surface area contributed by atoms with Crippen LogP contribution in [0.25, 0.3) is 6.08 Å². The standard InChI is InChI=1S/C17H13BrN2O2/c18-15-6-7-16(21)13(9-15)8-14(10-19)17(22)20-11-12-4-2-1-3-5-12/h1-9,21H,11H2,(H,20,22). The maximum atomic E-state index is 12.1. The smallest absolute Gasteiger partial charge is 0.262 e. The summed E-state index contributed by atoms with van der Waals surface area (Å²) in [6.45, 7) is 0.336. The fourth-order valence-corrected chi connectivity index (χ4v) is 2.20. The molecule has 0 aromatic heterocycles. The zero-order valence-corrected chi connectivity index (χ0v) is 13.2. The lowest BCUT2D eigenvalue weighted by Gasteiger charge is -2.05. The summed E-state index contributed by atoms with van der Waals surface area (Å²) in [6.07, 6.45) is 1.36. The summed E-state index contributed by atoms with van der Waals surface area (Å²) in [4.78, 5) is 12.1. The van der Waals surface area contributed by atoms with Gasteiger partial charge in [-0.05, 0) is 29.8 Å². The molecular formula is C17H13BrN2O2. The molecule has 0 spiro atoms. The highest BCUT2D eigenvalue weighted by atomic mass is 79.9. The number of nitrogens with zero attached hydrogens (tertiary/aromatic N) is 1. The molecule has 0 aliphatic heterocycles. The molecule has 5 heteroatoms. The summed E-state index contributed by atoms with van der Waals surface area (Å²) >= 11 is 3.28. The fourth-order valence-electron chi connectivity index (χ4n) is 1.82. The van der Waals surface area contributed by atoms with E-state index in [2.05, 4.69) is 21.2 Å². The van der Waals surface area contributed by atoms with Gasteiger partial charge in [0.05, 0.1) is 0 Å². The molecule has 4 nitrogen and oxygen atoms in total. The van der Waals surface area contributed by atoms with Crippen LogP contribution in [0.1, 0.15) is 11.1 Å². The van der Waals surface area contributed by atoms with Crippen molar-refractivity contribution >= 4 is 27.9 Å². The monoisotopic (exact) mass is 356 g/mol. The molecule has 0 radical (unpaired) electrons. The minimum Gasteiger partial charge on any atom is -0.507 e. The first-order valence-corrected chi connectivity index (χ1v) is 7.32. The van der Waals surface area contributed by atoms with E-state index < -0.39 is 5.91 Å². The number of nitrogens with one attached hydrogen (secondary N) is 1. The third kappa shape index (κ3) is 4.21. The average molecular weight is 357 g/mol. The summed E-state index contributed by atoms with van der Waals surface area (Å²) < 4.78 is 0.749. The molecule has 2 aromatic carbocycles. The predicted molar refractivity (Wildman–Crippen MR) is 87.7 cm³/mol. The summed E-state index contributed by atoms with van der Waals surface area (Å²) in [5, 5.41) is 21.6. The molecule has 2 rings (SSSR count). The number of amides is 1. The van der Waals surface area contributed by atoms with Crippen LogP contribution in [-0.2, 0) is 11.3 Å². The van der Waals surface area contributed by atoms with E-state index in [1.165, 1.54) is 12.1 Å². The number of nitriles is 1. The van der Waals surface area contributed by atoms with Crippen molar-refractivity contribution in [3.05, 3.63) is 69.7 Å². The van der Waals surface area contributed by atoms with Gasteiger partial charge in [0.15, 0.2) is 0 Å². The summed E-state index contributed by atoms with van der Waals surface area (Å²) in [5.74, 6) is -0.475. The van der Waals surface area contributed by atoms with Crippen LogP contribution < -0.4 is 5.32 Å². The molecule has 110 valence electrons.